The molecule has 0 fully saturated rings. The van der Waals surface area contributed by atoms with E-state index >= 15 is 0 Å². The number of hydrogen-bond acceptors (Lipinski definition) is 7. The molecule has 10 heteroatoms. The van der Waals surface area contributed by atoms with Crippen LogP contribution >= 0.6 is 11.8 Å². The van der Waals surface area contributed by atoms with Gasteiger partial charge in [0.1, 0.15) is 12.4 Å². The van der Waals surface area contributed by atoms with Crippen LogP contribution in [-0.4, -0.2) is 45.6 Å². The molecule has 0 aliphatic carbocycles. The van der Waals surface area contributed by atoms with Crippen molar-refractivity contribution in [3.63, 3.8) is 0 Å². The molecule has 1 amide bonds. The van der Waals surface area contributed by atoms with E-state index < -0.39 is 5.82 Å². The molecule has 1 heterocycles. The van der Waals surface area contributed by atoms with Crippen molar-refractivity contribution in [2.24, 2.45) is 0 Å². The van der Waals surface area contributed by atoms with Crippen molar-refractivity contribution < 1.29 is 18.7 Å². The molecule has 0 aliphatic heterocycles. The highest BCUT2D eigenvalue weighted by Gasteiger charge is 2.16. The Kier molecular flexibility index (Phi) is 8.16. The van der Waals surface area contributed by atoms with Crippen LogP contribution in [0.15, 0.2) is 47.6 Å². The summed E-state index contributed by atoms with van der Waals surface area (Å²) in [6.45, 7) is 4.69. The van der Waals surface area contributed by atoms with Gasteiger partial charge >= 0.3 is 0 Å². The summed E-state index contributed by atoms with van der Waals surface area (Å²) < 4.78 is 25.8. The quantitative estimate of drug-likeness (QED) is 0.355. The second-order valence-corrected chi connectivity index (χ2v) is 8.73. The standard InChI is InChI=1S/C23H28FN5O3S/c1-15(2)17-6-8-18(9-7-17)32-13-21-26-27-23(29(21)25)33-14-22(30)28(3)12-16-5-10-20(31-4)19(24)11-16/h5-11,15H,12-14,25H2,1-4H3. The molecule has 3 aromatic rings. The molecule has 0 aliphatic rings. The van der Waals surface area contributed by atoms with E-state index in [1.54, 1.807) is 13.1 Å². The first-order valence-electron chi connectivity index (χ1n) is 10.4. The highest BCUT2D eigenvalue weighted by Crippen LogP contribution is 2.21. The zero-order chi connectivity index (χ0) is 24.0. The van der Waals surface area contributed by atoms with Crippen molar-refractivity contribution in [2.75, 3.05) is 25.8 Å². The van der Waals surface area contributed by atoms with Gasteiger partial charge in [-0.25, -0.2) is 9.07 Å². The molecule has 8 nitrogen and oxygen atoms in total. The minimum Gasteiger partial charge on any atom is -0.494 e. The van der Waals surface area contributed by atoms with Crippen molar-refractivity contribution in [1.82, 2.24) is 19.8 Å². The van der Waals surface area contributed by atoms with Gasteiger partial charge in [0.15, 0.2) is 17.4 Å². The monoisotopic (exact) mass is 473 g/mol. The third-order valence-corrected chi connectivity index (χ3v) is 5.96. The Bertz CT molecular complexity index is 1090. The van der Waals surface area contributed by atoms with Gasteiger partial charge in [-0.3, -0.25) is 4.79 Å². The number of benzene rings is 2. The Morgan fingerprint density at radius 1 is 1.21 bits per heavy atom. The molecule has 176 valence electrons. The van der Waals surface area contributed by atoms with Gasteiger partial charge in [-0.05, 0) is 41.3 Å². The fourth-order valence-corrected chi connectivity index (χ4v) is 3.82. The molecule has 0 spiro atoms. The number of methoxy groups -OCH3 is 1. The predicted molar refractivity (Wildman–Crippen MR) is 125 cm³/mol. The lowest BCUT2D eigenvalue weighted by molar-refractivity contribution is -0.127. The van der Waals surface area contributed by atoms with Crippen molar-refractivity contribution in [2.45, 2.75) is 38.1 Å². The van der Waals surface area contributed by atoms with E-state index in [2.05, 4.69) is 24.0 Å². The molecule has 33 heavy (non-hydrogen) atoms. The largest absolute Gasteiger partial charge is 0.494 e. The number of nitrogens with zero attached hydrogens (tertiary/aromatic N) is 4. The Labute approximate surface area is 196 Å². The second-order valence-electron chi connectivity index (χ2n) is 7.79. The van der Waals surface area contributed by atoms with E-state index in [9.17, 15) is 9.18 Å². The number of amides is 1. The molecule has 3 rings (SSSR count). The Morgan fingerprint density at radius 2 is 1.94 bits per heavy atom. The van der Waals surface area contributed by atoms with Gasteiger partial charge in [0.25, 0.3) is 0 Å². The molecular formula is C23H28FN5O3S. The van der Waals surface area contributed by atoms with Crippen molar-refractivity contribution >= 4 is 17.7 Å². The number of nitrogen functional groups attached to an aromatic ring is 1. The summed E-state index contributed by atoms with van der Waals surface area (Å²) in [7, 11) is 3.06. The molecule has 0 saturated carbocycles. The summed E-state index contributed by atoms with van der Waals surface area (Å²) in [4.78, 5) is 14.0. The molecule has 0 atom stereocenters. The summed E-state index contributed by atoms with van der Waals surface area (Å²) in [5, 5.41) is 8.51. The zero-order valence-electron chi connectivity index (χ0n) is 19.1. The molecule has 1 aromatic heterocycles. The van der Waals surface area contributed by atoms with E-state index in [1.807, 2.05) is 24.3 Å². The molecule has 0 unspecified atom stereocenters. The van der Waals surface area contributed by atoms with Crippen LogP contribution in [0.25, 0.3) is 0 Å². The Hall–Kier alpha value is -3.27. The number of aromatic nitrogens is 3. The third-order valence-electron chi connectivity index (χ3n) is 5.04. The first-order valence-corrected chi connectivity index (χ1v) is 11.4. The number of rotatable bonds is 10. The lowest BCUT2D eigenvalue weighted by Gasteiger charge is -2.17. The fourth-order valence-electron chi connectivity index (χ4n) is 3.01. The molecule has 0 bridgehead atoms. The van der Waals surface area contributed by atoms with Crippen LogP contribution in [0.4, 0.5) is 4.39 Å². The van der Waals surface area contributed by atoms with Gasteiger partial charge in [0.05, 0.1) is 12.9 Å². The number of nitrogens with two attached hydrogens (primary N) is 1. The molecule has 0 radical (unpaired) electrons. The normalized spacial score (nSPS) is 11.0. The number of thioether (sulfide) groups is 1. The van der Waals surface area contributed by atoms with Gasteiger partial charge in [0.2, 0.25) is 11.1 Å². The van der Waals surface area contributed by atoms with Crippen LogP contribution < -0.4 is 15.3 Å². The summed E-state index contributed by atoms with van der Waals surface area (Å²) in [5.74, 6) is 7.34. The van der Waals surface area contributed by atoms with Crippen LogP contribution in [0.1, 0.15) is 36.7 Å². The molecular weight excluding hydrogens is 445 g/mol. The first-order chi connectivity index (χ1) is 15.8. The summed E-state index contributed by atoms with van der Waals surface area (Å²) in [5.41, 5.74) is 1.90. The first kappa shape index (κ1) is 24.4. The summed E-state index contributed by atoms with van der Waals surface area (Å²) >= 11 is 1.17. The SMILES string of the molecule is COc1ccc(CN(C)C(=O)CSc2nnc(COc3ccc(C(C)C)cc3)n2N)cc1F. The smallest absolute Gasteiger partial charge is 0.233 e. The van der Waals surface area contributed by atoms with Crippen molar-refractivity contribution in [3.05, 3.63) is 65.2 Å². The highest BCUT2D eigenvalue weighted by atomic mass is 32.2. The predicted octanol–water partition coefficient (Wildman–Crippen LogP) is 3.59. The number of carbonyl (C=O) groups excluding carboxylic acids is 1. The highest BCUT2D eigenvalue weighted by molar-refractivity contribution is 7.99. The van der Waals surface area contributed by atoms with Crippen LogP contribution in [-0.2, 0) is 17.9 Å². The Balaban J connectivity index is 1.51. The van der Waals surface area contributed by atoms with Gasteiger partial charge in [0, 0.05) is 13.6 Å². The van der Waals surface area contributed by atoms with Crippen LogP contribution in [0.2, 0.25) is 0 Å². The van der Waals surface area contributed by atoms with E-state index in [-0.39, 0.29) is 30.6 Å². The maximum Gasteiger partial charge on any atom is 0.233 e. The van der Waals surface area contributed by atoms with E-state index in [0.717, 1.165) is 0 Å². The van der Waals surface area contributed by atoms with Crippen LogP contribution in [0.3, 0.4) is 0 Å². The van der Waals surface area contributed by atoms with Crippen LogP contribution in [0, 0.1) is 5.82 Å². The van der Waals surface area contributed by atoms with Gasteiger partial charge in [-0.15, -0.1) is 10.2 Å². The lowest BCUT2D eigenvalue weighted by atomic mass is 10.0. The fraction of sp³-hybridized carbons (Fsp3) is 0.348. The van der Waals surface area contributed by atoms with E-state index in [4.69, 9.17) is 15.3 Å². The van der Waals surface area contributed by atoms with Gasteiger partial charge in [-0.1, -0.05) is 43.8 Å². The van der Waals surface area contributed by atoms with E-state index in [0.29, 0.717) is 28.2 Å². The minimum absolute atomic E-state index is 0.113. The summed E-state index contributed by atoms with van der Waals surface area (Å²) in [6, 6.07) is 12.5. The molecule has 2 aromatic carbocycles. The second kappa shape index (κ2) is 11.0. The maximum atomic E-state index is 13.9. The number of hydrogen-bond donors (Lipinski definition) is 1. The number of ether oxygens (including phenoxy) is 2. The zero-order valence-corrected chi connectivity index (χ0v) is 19.9. The minimum atomic E-state index is -0.466. The van der Waals surface area contributed by atoms with Crippen LogP contribution in [0.5, 0.6) is 11.5 Å². The van der Waals surface area contributed by atoms with Gasteiger partial charge < -0.3 is 20.2 Å². The average Bonchev–Trinajstić information content (AvgIpc) is 3.15. The summed E-state index contributed by atoms with van der Waals surface area (Å²) in [6.07, 6.45) is 0. The topological polar surface area (TPSA) is 95.5 Å². The average molecular weight is 474 g/mol. The lowest BCUT2D eigenvalue weighted by Crippen LogP contribution is -2.28. The van der Waals surface area contributed by atoms with Crippen molar-refractivity contribution in [3.8, 4) is 11.5 Å². The third kappa shape index (κ3) is 6.38. The Morgan fingerprint density at radius 3 is 2.58 bits per heavy atom. The van der Waals surface area contributed by atoms with Gasteiger partial charge in [-0.2, -0.15) is 0 Å². The molecule has 2 N–H and O–H groups in total. The number of halogens is 1. The maximum absolute atomic E-state index is 13.9. The molecule has 0 saturated heterocycles. The number of carbonyl (C=O) groups is 1. The van der Waals surface area contributed by atoms with E-state index in [1.165, 1.54) is 46.1 Å². The van der Waals surface area contributed by atoms with Crippen molar-refractivity contribution in [1.29, 1.82) is 0 Å².